The lowest BCUT2D eigenvalue weighted by atomic mass is 9.97. The molecule has 2 aromatic heterocycles. The number of hydrogen-bond donors (Lipinski definition) is 2. The molecule has 3 heterocycles. The quantitative estimate of drug-likeness (QED) is 0.194. The molecule has 0 radical (unpaired) electrons. The molecule has 0 saturated heterocycles. The third kappa shape index (κ3) is 5.86. The first-order valence-electron chi connectivity index (χ1n) is 13.5. The summed E-state index contributed by atoms with van der Waals surface area (Å²) in [5.41, 5.74) is 4.07. The number of primary sulfonamides is 1. The van der Waals surface area contributed by atoms with Crippen LogP contribution in [0.1, 0.15) is 29.2 Å². The summed E-state index contributed by atoms with van der Waals surface area (Å²) < 4.78 is 30.0. The Bertz CT molecular complexity index is 2050. The van der Waals surface area contributed by atoms with E-state index >= 15 is 0 Å². The number of nitrogens with two attached hydrogens (primary N) is 1. The van der Waals surface area contributed by atoms with Crippen molar-refractivity contribution in [2.24, 2.45) is 10.2 Å². The molecule has 1 aliphatic rings. The van der Waals surface area contributed by atoms with E-state index in [4.69, 9.17) is 15.0 Å². The molecule has 224 valence electrons. The van der Waals surface area contributed by atoms with Crippen molar-refractivity contribution in [2.75, 3.05) is 12.9 Å². The molecule has 1 aliphatic heterocycles. The maximum absolute atomic E-state index is 13.6. The summed E-state index contributed by atoms with van der Waals surface area (Å²) in [5.74, 6) is 0.443. The van der Waals surface area contributed by atoms with Gasteiger partial charge in [-0.1, -0.05) is 41.6 Å². The first kappa shape index (κ1) is 29.3. The summed E-state index contributed by atoms with van der Waals surface area (Å²) in [5, 5.41) is 16.2. The number of aromatic amines is 1. The Kier molecular flexibility index (Phi) is 7.80. The number of amides is 1. The van der Waals surface area contributed by atoms with Gasteiger partial charge in [0.15, 0.2) is 10.8 Å². The minimum absolute atomic E-state index is 0.0343. The Morgan fingerprint density at radius 2 is 1.77 bits per heavy atom. The van der Waals surface area contributed by atoms with Crippen LogP contribution in [0.2, 0.25) is 0 Å². The second-order valence-corrected chi connectivity index (χ2v) is 12.7. The number of carbonyl (C=O) groups excluding carboxylic acids is 1. The number of rotatable bonds is 8. The van der Waals surface area contributed by atoms with Crippen molar-refractivity contribution in [1.29, 1.82) is 0 Å². The average molecular weight is 630 g/mol. The molecule has 0 saturated carbocycles. The van der Waals surface area contributed by atoms with Gasteiger partial charge < -0.3 is 9.72 Å². The van der Waals surface area contributed by atoms with Crippen LogP contribution >= 0.6 is 11.8 Å². The molecule has 3 N–H and O–H groups in total. The molecule has 0 unspecified atom stereocenters. The second kappa shape index (κ2) is 11.7. The van der Waals surface area contributed by atoms with E-state index in [9.17, 15) is 18.0 Å². The number of fused-ring (bicyclic) bond motifs is 1. The Balaban J connectivity index is 1.26. The predicted octanol–water partition coefficient (Wildman–Crippen LogP) is 3.54. The van der Waals surface area contributed by atoms with Crippen molar-refractivity contribution in [1.82, 2.24) is 24.8 Å². The fourth-order valence-corrected chi connectivity index (χ4v) is 6.10. The van der Waals surface area contributed by atoms with Gasteiger partial charge in [0.25, 0.3) is 11.5 Å². The molecule has 0 spiro atoms. The van der Waals surface area contributed by atoms with E-state index in [1.54, 1.807) is 7.11 Å². The van der Waals surface area contributed by atoms with Gasteiger partial charge in [-0.05, 0) is 66.6 Å². The average Bonchev–Trinajstić information content (AvgIpc) is 3.66. The topological polar surface area (TPSA) is 166 Å². The second-order valence-electron chi connectivity index (χ2n) is 10.1. The third-order valence-electron chi connectivity index (χ3n) is 7.21. The SMILES string of the molecule is COc1ccc(C2=NN(C(=O)CSc3nc4c(cnn4-c4ccc(S(N)(=O)=O)cc4)c(=O)[nH]3)[C@H](c3ccc(C)cc3)C2)cc1. The van der Waals surface area contributed by atoms with Gasteiger partial charge in [-0.2, -0.15) is 10.2 Å². The van der Waals surface area contributed by atoms with Gasteiger partial charge in [-0.15, -0.1) is 0 Å². The predicted molar refractivity (Wildman–Crippen MR) is 166 cm³/mol. The zero-order valence-corrected chi connectivity index (χ0v) is 25.3. The lowest BCUT2D eigenvalue weighted by Gasteiger charge is -2.22. The van der Waals surface area contributed by atoms with Gasteiger partial charge in [0, 0.05) is 6.42 Å². The molecule has 0 bridgehead atoms. The van der Waals surface area contributed by atoms with Crippen LogP contribution < -0.4 is 15.4 Å². The Hall–Kier alpha value is -4.79. The van der Waals surface area contributed by atoms with Crippen molar-refractivity contribution in [3.8, 4) is 11.4 Å². The Morgan fingerprint density at radius 1 is 1.07 bits per heavy atom. The lowest BCUT2D eigenvalue weighted by molar-refractivity contribution is -0.130. The van der Waals surface area contributed by atoms with Gasteiger partial charge in [-0.3, -0.25) is 9.59 Å². The number of benzene rings is 3. The van der Waals surface area contributed by atoms with Gasteiger partial charge >= 0.3 is 0 Å². The monoisotopic (exact) mass is 629 g/mol. The van der Waals surface area contributed by atoms with Crippen LogP contribution in [0.4, 0.5) is 0 Å². The molecule has 12 nitrogen and oxygen atoms in total. The zero-order chi connectivity index (χ0) is 31.0. The van der Waals surface area contributed by atoms with Crippen LogP contribution in [0.25, 0.3) is 16.7 Å². The van der Waals surface area contributed by atoms with Crippen molar-refractivity contribution in [3.63, 3.8) is 0 Å². The summed E-state index contributed by atoms with van der Waals surface area (Å²) in [7, 11) is -2.26. The fraction of sp³-hybridized carbons (Fsp3) is 0.167. The number of ether oxygens (including phenoxy) is 1. The number of aromatic nitrogens is 4. The van der Waals surface area contributed by atoms with Crippen LogP contribution in [0, 0.1) is 6.92 Å². The third-order valence-corrected chi connectivity index (χ3v) is 9.00. The van der Waals surface area contributed by atoms with Crippen LogP contribution in [-0.2, 0) is 14.8 Å². The smallest absolute Gasteiger partial charge is 0.262 e. The number of thioether (sulfide) groups is 1. The highest BCUT2D eigenvalue weighted by atomic mass is 32.2. The first-order valence-corrected chi connectivity index (χ1v) is 16.0. The molecular formula is C30H27N7O5S2. The maximum atomic E-state index is 13.6. The van der Waals surface area contributed by atoms with Crippen molar-refractivity contribution in [2.45, 2.75) is 29.4 Å². The number of carbonyl (C=O) groups is 1. The molecule has 1 amide bonds. The van der Waals surface area contributed by atoms with Crippen LogP contribution in [0.5, 0.6) is 5.75 Å². The Morgan fingerprint density at radius 3 is 2.43 bits per heavy atom. The van der Waals surface area contributed by atoms with E-state index in [2.05, 4.69) is 15.1 Å². The number of H-pyrrole nitrogens is 1. The van der Waals surface area contributed by atoms with Crippen LogP contribution in [0.3, 0.4) is 0 Å². The number of methoxy groups -OCH3 is 1. The van der Waals surface area contributed by atoms with Gasteiger partial charge in [0.05, 0.1) is 41.4 Å². The number of hydrogen-bond acceptors (Lipinski definition) is 9. The zero-order valence-electron chi connectivity index (χ0n) is 23.7. The van der Waals surface area contributed by atoms with E-state index in [0.29, 0.717) is 12.1 Å². The summed E-state index contributed by atoms with van der Waals surface area (Å²) in [4.78, 5) is 33.7. The van der Waals surface area contributed by atoms with E-state index in [0.717, 1.165) is 39.9 Å². The van der Waals surface area contributed by atoms with Gasteiger partial charge in [0.2, 0.25) is 10.0 Å². The minimum Gasteiger partial charge on any atom is -0.497 e. The molecule has 0 fully saturated rings. The number of aryl methyl sites for hydroxylation is 1. The number of hydrazone groups is 1. The largest absolute Gasteiger partial charge is 0.497 e. The van der Waals surface area contributed by atoms with Crippen molar-refractivity contribution < 1.29 is 17.9 Å². The fourth-order valence-electron chi connectivity index (χ4n) is 4.88. The van der Waals surface area contributed by atoms with Gasteiger partial charge in [-0.25, -0.2) is 28.2 Å². The molecule has 1 atom stereocenters. The molecule has 14 heteroatoms. The lowest BCUT2D eigenvalue weighted by Crippen LogP contribution is -2.28. The number of nitrogens with one attached hydrogen (secondary N) is 1. The van der Waals surface area contributed by atoms with Crippen molar-refractivity contribution in [3.05, 3.63) is 106 Å². The number of sulfonamides is 1. The van der Waals surface area contributed by atoms with E-state index < -0.39 is 15.6 Å². The molecule has 44 heavy (non-hydrogen) atoms. The molecular weight excluding hydrogens is 603 g/mol. The summed E-state index contributed by atoms with van der Waals surface area (Å²) >= 11 is 1.08. The van der Waals surface area contributed by atoms with E-state index in [1.165, 1.54) is 40.2 Å². The first-order chi connectivity index (χ1) is 21.1. The molecule has 3 aromatic carbocycles. The van der Waals surface area contributed by atoms with Crippen molar-refractivity contribution >= 4 is 44.4 Å². The van der Waals surface area contributed by atoms with E-state index in [1.807, 2.05) is 55.5 Å². The molecule has 6 rings (SSSR count). The molecule has 5 aromatic rings. The Labute approximate surface area is 256 Å². The summed E-state index contributed by atoms with van der Waals surface area (Å²) in [6, 6.07) is 21.0. The highest BCUT2D eigenvalue weighted by Crippen LogP contribution is 2.34. The van der Waals surface area contributed by atoms with Gasteiger partial charge in [0.1, 0.15) is 11.1 Å². The van der Waals surface area contributed by atoms with Crippen LogP contribution in [-0.4, -0.2) is 57.7 Å². The standard InChI is InChI=1S/C30H27N7O5S2/c1-18-3-5-20(6-4-18)26-15-25(19-7-11-22(42-2)12-8-19)35-37(26)27(38)17-43-30-33-28-24(29(39)34-30)16-32-36(28)21-9-13-23(14-10-21)44(31,40)41/h3-14,16,26H,15,17H2,1-2H3,(H2,31,40,41)(H,33,34,39)/t26-/m0/s1. The number of nitrogens with zero attached hydrogens (tertiary/aromatic N) is 5. The van der Waals surface area contributed by atoms with Crippen LogP contribution in [0.15, 0.2) is 98.9 Å². The maximum Gasteiger partial charge on any atom is 0.262 e. The normalized spacial score (nSPS) is 15.0. The highest BCUT2D eigenvalue weighted by molar-refractivity contribution is 7.99. The van der Waals surface area contributed by atoms with E-state index in [-0.39, 0.29) is 38.8 Å². The molecule has 0 aliphatic carbocycles. The summed E-state index contributed by atoms with van der Waals surface area (Å²) in [6.45, 7) is 2.01. The summed E-state index contributed by atoms with van der Waals surface area (Å²) in [6.07, 6.45) is 1.91. The minimum atomic E-state index is -3.87. The highest BCUT2D eigenvalue weighted by Gasteiger charge is 2.33.